The molecule has 0 aromatic heterocycles. The average Bonchev–Trinajstić information content (AvgIpc) is 3.13. The van der Waals surface area contributed by atoms with E-state index in [1.54, 1.807) is 4.90 Å². The second-order valence-corrected chi connectivity index (χ2v) is 6.23. The zero-order chi connectivity index (χ0) is 15.7. The number of methoxy groups -OCH3 is 1. The van der Waals surface area contributed by atoms with Gasteiger partial charge in [-0.25, -0.2) is 0 Å². The molecule has 1 saturated heterocycles. The first-order chi connectivity index (χ1) is 10.6. The van der Waals surface area contributed by atoms with Gasteiger partial charge in [0.25, 0.3) is 5.91 Å². The number of nitrogens with two attached hydrogens (primary N) is 1. The number of likely N-dealkylation sites (tertiary alicyclic amines) is 1. The molecule has 2 N–H and O–H groups in total. The predicted molar refractivity (Wildman–Crippen MR) is 82.5 cm³/mol. The first kappa shape index (κ1) is 15.0. The minimum Gasteiger partial charge on any atom is -0.382 e. The first-order valence-electron chi connectivity index (χ1n) is 7.81. The van der Waals surface area contributed by atoms with Crippen LogP contribution in [0.25, 0.3) is 0 Å². The van der Waals surface area contributed by atoms with Crippen molar-refractivity contribution in [3.63, 3.8) is 0 Å². The monoisotopic (exact) mass is 302 g/mol. The van der Waals surface area contributed by atoms with Crippen LogP contribution < -0.4 is 5.73 Å². The molecule has 1 atom stereocenters. The van der Waals surface area contributed by atoms with Crippen LogP contribution in [0.1, 0.15) is 40.7 Å². The van der Waals surface area contributed by atoms with Gasteiger partial charge in [0.2, 0.25) is 5.91 Å². The Bertz CT molecular complexity index is 614. The van der Waals surface area contributed by atoms with Gasteiger partial charge >= 0.3 is 0 Å². The Morgan fingerprint density at radius 2 is 2.05 bits per heavy atom. The number of ether oxygens (including phenoxy) is 1. The standard InChI is InChI=1S/C17H22N2O3/c1-22-11-17(16(18)21)8-3-9-19(17)15(20)14-7-6-12-4-2-5-13(12)10-14/h6-7,10H,2-5,8-9,11H2,1H3,(H2,18,21). The number of benzene rings is 1. The van der Waals surface area contributed by atoms with Crippen molar-refractivity contribution >= 4 is 11.8 Å². The predicted octanol–water partition coefficient (Wildman–Crippen LogP) is 1.28. The second kappa shape index (κ2) is 5.72. The van der Waals surface area contributed by atoms with Gasteiger partial charge in [0, 0.05) is 19.2 Å². The van der Waals surface area contributed by atoms with Crippen molar-refractivity contribution in [2.24, 2.45) is 5.73 Å². The summed E-state index contributed by atoms with van der Waals surface area (Å²) in [5.74, 6) is -0.607. The van der Waals surface area contributed by atoms with Crippen LogP contribution >= 0.6 is 0 Å². The summed E-state index contributed by atoms with van der Waals surface area (Å²) in [6.45, 7) is 0.696. The van der Waals surface area contributed by atoms with Crippen LogP contribution in [0.3, 0.4) is 0 Å². The Balaban J connectivity index is 1.91. The van der Waals surface area contributed by atoms with E-state index in [2.05, 4.69) is 0 Å². The summed E-state index contributed by atoms with van der Waals surface area (Å²) >= 11 is 0. The molecular weight excluding hydrogens is 280 g/mol. The minimum atomic E-state index is -1.01. The smallest absolute Gasteiger partial charge is 0.254 e. The average molecular weight is 302 g/mol. The lowest BCUT2D eigenvalue weighted by atomic mass is 9.95. The minimum absolute atomic E-state index is 0.122. The number of rotatable bonds is 4. The van der Waals surface area contributed by atoms with Crippen LogP contribution in [0, 0.1) is 0 Å². The van der Waals surface area contributed by atoms with Crippen LogP contribution in [-0.4, -0.2) is 42.5 Å². The lowest BCUT2D eigenvalue weighted by Gasteiger charge is -2.35. The van der Waals surface area contributed by atoms with Crippen molar-refractivity contribution in [2.75, 3.05) is 20.3 Å². The highest BCUT2D eigenvalue weighted by Crippen LogP contribution is 2.32. The molecule has 1 aliphatic carbocycles. The van der Waals surface area contributed by atoms with Crippen LogP contribution in [0.2, 0.25) is 0 Å². The zero-order valence-corrected chi connectivity index (χ0v) is 12.9. The summed E-state index contributed by atoms with van der Waals surface area (Å²) in [6, 6.07) is 5.87. The normalized spacial score (nSPS) is 23.6. The fourth-order valence-electron chi connectivity index (χ4n) is 3.75. The van der Waals surface area contributed by atoms with Gasteiger partial charge in [-0.05, 0) is 55.4 Å². The number of hydrogen-bond acceptors (Lipinski definition) is 3. The van der Waals surface area contributed by atoms with E-state index in [0.717, 1.165) is 25.7 Å². The second-order valence-electron chi connectivity index (χ2n) is 6.23. The Morgan fingerprint density at radius 1 is 1.27 bits per heavy atom. The molecule has 2 amide bonds. The summed E-state index contributed by atoms with van der Waals surface area (Å²) in [5.41, 5.74) is 7.82. The van der Waals surface area contributed by atoms with Gasteiger partial charge in [-0.15, -0.1) is 0 Å². The van der Waals surface area contributed by atoms with Crippen LogP contribution in [0.5, 0.6) is 0 Å². The number of nitrogens with zero attached hydrogens (tertiary/aromatic N) is 1. The molecule has 2 aliphatic rings. The molecule has 22 heavy (non-hydrogen) atoms. The van der Waals surface area contributed by atoms with Gasteiger partial charge < -0.3 is 15.4 Å². The molecule has 1 aromatic carbocycles. The summed E-state index contributed by atoms with van der Waals surface area (Å²) in [6.07, 6.45) is 4.58. The zero-order valence-electron chi connectivity index (χ0n) is 12.9. The van der Waals surface area contributed by atoms with Gasteiger partial charge in [0.15, 0.2) is 0 Å². The Morgan fingerprint density at radius 3 is 2.77 bits per heavy atom. The molecule has 1 fully saturated rings. The van der Waals surface area contributed by atoms with E-state index in [9.17, 15) is 9.59 Å². The number of amides is 2. The first-order valence-corrected chi connectivity index (χ1v) is 7.81. The van der Waals surface area contributed by atoms with Gasteiger partial charge in [-0.3, -0.25) is 9.59 Å². The number of aryl methyl sites for hydroxylation is 2. The Hall–Kier alpha value is -1.88. The topological polar surface area (TPSA) is 72.6 Å². The van der Waals surface area contributed by atoms with Gasteiger partial charge in [0.05, 0.1) is 6.61 Å². The number of fused-ring (bicyclic) bond motifs is 1. The molecule has 118 valence electrons. The third kappa shape index (κ3) is 2.29. The van der Waals surface area contributed by atoms with Crippen LogP contribution in [-0.2, 0) is 22.4 Å². The molecule has 5 nitrogen and oxygen atoms in total. The highest BCUT2D eigenvalue weighted by atomic mass is 16.5. The molecule has 0 spiro atoms. The van der Waals surface area contributed by atoms with E-state index < -0.39 is 11.4 Å². The van der Waals surface area contributed by atoms with E-state index in [-0.39, 0.29) is 12.5 Å². The van der Waals surface area contributed by atoms with Crippen molar-refractivity contribution in [1.82, 2.24) is 4.90 Å². The molecular formula is C17H22N2O3. The fourth-order valence-corrected chi connectivity index (χ4v) is 3.75. The molecule has 1 unspecified atom stereocenters. The van der Waals surface area contributed by atoms with E-state index in [4.69, 9.17) is 10.5 Å². The number of hydrogen-bond donors (Lipinski definition) is 1. The van der Waals surface area contributed by atoms with Crippen LogP contribution in [0.4, 0.5) is 0 Å². The lowest BCUT2D eigenvalue weighted by Crippen LogP contribution is -2.58. The molecule has 0 saturated carbocycles. The SMILES string of the molecule is COCC1(C(N)=O)CCCN1C(=O)c1ccc2c(c1)CCC2. The van der Waals surface area contributed by atoms with Crippen molar-refractivity contribution < 1.29 is 14.3 Å². The van der Waals surface area contributed by atoms with E-state index in [1.165, 1.54) is 18.2 Å². The Labute approximate surface area is 130 Å². The number of carbonyl (C=O) groups is 2. The molecule has 3 rings (SSSR count). The number of primary amides is 1. The molecule has 0 bridgehead atoms. The number of carbonyl (C=O) groups excluding carboxylic acids is 2. The highest BCUT2D eigenvalue weighted by Gasteiger charge is 2.48. The Kier molecular flexibility index (Phi) is 3.91. The van der Waals surface area contributed by atoms with Gasteiger partial charge in [-0.2, -0.15) is 0 Å². The van der Waals surface area contributed by atoms with Crippen molar-refractivity contribution in [2.45, 2.75) is 37.6 Å². The fraction of sp³-hybridized carbons (Fsp3) is 0.529. The summed E-state index contributed by atoms with van der Waals surface area (Å²) in [5, 5.41) is 0. The summed E-state index contributed by atoms with van der Waals surface area (Å²) in [4.78, 5) is 26.5. The molecule has 1 heterocycles. The molecule has 5 heteroatoms. The van der Waals surface area contributed by atoms with E-state index >= 15 is 0 Å². The van der Waals surface area contributed by atoms with Crippen molar-refractivity contribution in [1.29, 1.82) is 0 Å². The lowest BCUT2D eigenvalue weighted by molar-refractivity contribution is -0.130. The van der Waals surface area contributed by atoms with E-state index in [0.29, 0.717) is 18.5 Å². The summed E-state index contributed by atoms with van der Waals surface area (Å²) < 4.78 is 5.19. The third-order valence-electron chi connectivity index (χ3n) is 4.92. The molecule has 1 aliphatic heterocycles. The summed E-state index contributed by atoms with van der Waals surface area (Å²) in [7, 11) is 1.53. The van der Waals surface area contributed by atoms with Crippen molar-refractivity contribution in [3.8, 4) is 0 Å². The maximum absolute atomic E-state index is 12.9. The molecule has 1 aromatic rings. The van der Waals surface area contributed by atoms with E-state index in [1.807, 2.05) is 18.2 Å². The van der Waals surface area contributed by atoms with Crippen LogP contribution in [0.15, 0.2) is 18.2 Å². The quantitative estimate of drug-likeness (QED) is 0.910. The van der Waals surface area contributed by atoms with Crippen molar-refractivity contribution in [3.05, 3.63) is 34.9 Å². The third-order valence-corrected chi connectivity index (χ3v) is 4.92. The largest absolute Gasteiger partial charge is 0.382 e. The van der Waals surface area contributed by atoms with Gasteiger partial charge in [0.1, 0.15) is 5.54 Å². The maximum atomic E-state index is 12.9. The molecule has 0 radical (unpaired) electrons. The highest BCUT2D eigenvalue weighted by molar-refractivity contribution is 5.99. The maximum Gasteiger partial charge on any atom is 0.254 e. The van der Waals surface area contributed by atoms with Gasteiger partial charge in [-0.1, -0.05) is 6.07 Å².